The summed E-state index contributed by atoms with van der Waals surface area (Å²) in [5.74, 6) is 1.53. The number of fused-ring (bicyclic) bond motifs is 6. The van der Waals surface area contributed by atoms with Crippen LogP contribution in [-0.4, -0.2) is 60.8 Å². The molecule has 0 saturated heterocycles. The highest BCUT2D eigenvalue weighted by molar-refractivity contribution is 5.90. The van der Waals surface area contributed by atoms with Crippen LogP contribution in [-0.2, 0) is 78.9 Å². The highest BCUT2D eigenvalue weighted by Gasteiger charge is 2.35. The van der Waals surface area contributed by atoms with Crippen LogP contribution >= 0.6 is 0 Å². The Hall–Kier alpha value is -6.12. The average Bonchev–Trinajstić information content (AvgIpc) is 4.22. The molecular weight excluding hydrogens is 829 g/mol. The van der Waals surface area contributed by atoms with Gasteiger partial charge in [0.2, 0.25) is 0 Å². The van der Waals surface area contributed by atoms with Crippen LogP contribution in [0.3, 0.4) is 0 Å². The maximum atomic E-state index is 13.0. The summed E-state index contributed by atoms with van der Waals surface area (Å²) in [5.41, 5.74) is 32.4. The van der Waals surface area contributed by atoms with E-state index in [9.17, 15) is 14.4 Å². The number of carbonyl (C=O) groups is 3. The molecule has 0 radical (unpaired) electrons. The standard InChI is InChI=1S/3C17H22N4O/c3*1-20-10-9-11-12(6-4-8-15(11)20)17(22)21-16(18)13-5-2-3-7-14(13)19-21/h3*9-10,12H,2-8,18H2,1H3/t2*12-;/m10./s1. The number of hydrogen-bond acceptors (Lipinski definition) is 9. The Bertz CT molecular complexity index is 2520. The van der Waals surface area contributed by atoms with Crippen LogP contribution < -0.4 is 17.2 Å². The zero-order valence-electron chi connectivity index (χ0n) is 39.0. The SMILES string of the molecule is Cn1ccc2c1CCCC2C(=O)n1nc2c(c1N)CCCC2.Cn1ccc2c1CCC[C@@H]2C(=O)n1nc2c(c1N)CCCC2.Cn1ccc2c1CCC[C@H]2C(=O)n1nc2c(c1N)CCCC2. The van der Waals surface area contributed by atoms with Crippen molar-refractivity contribution < 1.29 is 14.4 Å². The molecule has 6 aliphatic carbocycles. The van der Waals surface area contributed by atoms with Gasteiger partial charge in [-0.25, -0.2) is 0 Å². The summed E-state index contributed by atoms with van der Waals surface area (Å²) in [5, 5.41) is 13.6. The third kappa shape index (κ3) is 7.71. The van der Waals surface area contributed by atoms with Crippen molar-refractivity contribution in [2.75, 3.05) is 17.2 Å². The van der Waals surface area contributed by atoms with Crippen molar-refractivity contribution >= 4 is 35.2 Å². The van der Waals surface area contributed by atoms with Crippen LogP contribution in [0.2, 0.25) is 0 Å². The Balaban J connectivity index is 0.000000116. The molecule has 6 aromatic heterocycles. The van der Waals surface area contributed by atoms with Gasteiger partial charge in [0.25, 0.3) is 17.7 Å². The van der Waals surface area contributed by atoms with Crippen LogP contribution in [0.5, 0.6) is 0 Å². The van der Waals surface area contributed by atoms with Crippen LogP contribution in [0.15, 0.2) is 36.8 Å². The molecule has 0 bridgehead atoms. The molecule has 6 heterocycles. The molecule has 3 atom stereocenters. The summed E-state index contributed by atoms with van der Waals surface area (Å²) in [6.45, 7) is 0. The van der Waals surface area contributed by atoms with E-state index in [-0.39, 0.29) is 35.5 Å². The molecule has 0 aliphatic heterocycles. The van der Waals surface area contributed by atoms with Crippen molar-refractivity contribution in [1.82, 2.24) is 43.0 Å². The van der Waals surface area contributed by atoms with E-state index in [0.29, 0.717) is 17.5 Å². The molecule has 6 aromatic rings. The molecule has 0 spiro atoms. The van der Waals surface area contributed by atoms with Crippen LogP contribution in [0.4, 0.5) is 17.5 Å². The lowest BCUT2D eigenvalue weighted by Gasteiger charge is -2.22. The van der Waals surface area contributed by atoms with Gasteiger partial charge in [0.1, 0.15) is 17.5 Å². The molecule has 0 fully saturated rings. The van der Waals surface area contributed by atoms with E-state index >= 15 is 0 Å². The maximum Gasteiger partial charge on any atom is 0.256 e. The molecule has 0 aromatic carbocycles. The van der Waals surface area contributed by atoms with Gasteiger partial charge >= 0.3 is 0 Å². The van der Waals surface area contributed by atoms with E-state index in [1.165, 1.54) is 31.1 Å². The van der Waals surface area contributed by atoms with Gasteiger partial charge in [-0.2, -0.15) is 29.3 Å². The quantitative estimate of drug-likeness (QED) is 0.163. The number of nitrogen functional groups attached to an aromatic ring is 3. The van der Waals surface area contributed by atoms with Gasteiger partial charge in [-0.3, -0.25) is 14.4 Å². The molecule has 348 valence electrons. The molecule has 0 amide bonds. The first-order valence-corrected chi connectivity index (χ1v) is 24.6. The zero-order valence-corrected chi connectivity index (χ0v) is 39.0. The number of aryl methyl sites for hydroxylation is 6. The molecule has 66 heavy (non-hydrogen) atoms. The first-order valence-electron chi connectivity index (χ1n) is 24.6. The summed E-state index contributed by atoms with van der Waals surface area (Å²) in [4.78, 5) is 39.1. The Kier molecular flexibility index (Phi) is 11.9. The predicted molar refractivity (Wildman–Crippen MR) is 255 cm³/mol. The lowest BCUT2D eigenvalue weighted by molar-refractivity contribution is 0.0846. The van der Waals surface area contributed by atoms with Crippen molar-refractivity contribution in [2.24, 2.45) is 21.1 Å². The summed E-state index contributed by atoms with van der Waals surface area (Å²) in [7, 11) is 6.14. The van der Waals surface area contributed by atoms with Crippen molar-refractivity contribution in [3.05, 3.63) is 104 Å². The minimum atomic E-state index is -0.103. The average molecular weight is 895 g/mol. The first kappa shape index (κ1) is 43.8. The molecule has 12 rings (SSSR count). The van der Waals surface area contributed by atoms with Crippen LogP contribution in [0.25, 0.3) is 0 Å². The first-order chi connectivity index (χ1) is 32.0. The zero-order chi connectivity index (χ0) is 45.8. The molecule has 1 unspecified atom stereocenters. The van der Waals surface area contributed by atoms with Crippen molar-refractivity contribution in [3.63, 3.8) is 0 Å². The highest BCUT2D eigenvalue weighted by atomic mass is 16.2. The second-order valence-corrected chi connectivity index (χ2v) is 19.6. The van der Waals surface area contributed by atoms with E-state index in [1.54, 1.807) is 0 Å². The van der Waals surface area contributed by atoms with Crippen molar-refractivity contribution in [3.8, 4) is 0 Å². The van der Waals surface area contributed by atoms with Crippen LogP contribution in [0.1, 0.15) is 177 Å². The molecule has 15 nitrogen and oxygen atoms in total. The lowest BCUT2D eigenvalue weighted by Crippen LogP contribution is -2.26. The monoisotopic (exact) mass is 895 g/mol. The fraction of sp³-hybridized carbons (Fsp3) is 0.529. The minimum Gasteiger partial charge on any atom is -0.383 e. The Morgan fingerprint density at radius 2 is 0.697 bits per heavy atom. The van der Waals surface area contributed by atoms with E-state index in [0.717, 1.165) is 185 Å². The van der Waals surface area contributed by atoms with E-state index in [4.69, 9.17) is 17.2 Å². The lowest BCUT2D eigenvalue weighted by atomic mass is 9.86. The van der Waals surface area contributed by atoms with Gasteiger partial charge in [0.15, 0.2) is 0 Å². The Morgan fingerprint density at radius 3 is 0.970 bits per heavy atom. The number of nitrogens with zero attached hydrogens (tertiary/aromatic N) is 9. The second-order valence-electron chi connectivity index (χ2n) is 19.6. The molecule has 6 aliphatic rings. The minimum absolute atomic E-state index is 0.0408. The summed E-state index contributed by atoms with van der Waals surface area (Å²) < 4.78 is 10.9. The fourth-order valence-corrected chi connectivity index (χ4v) is 12.0. The highest BCUT2D eigenvalue weighted by Crippen LogP contribution is 2.38. The number of nitrogens with two attached hydrogens (primary N) is 3. The number of hydrogen-bond donors (Lipinski definition) is 3. The van der Waals surface area contributed by atoms with Gasteiger partial charge < -0.3 is 30.9 Å². The van der Waals surface area contributed by atoms with Crippen molar-refractivity contribution in [2.45, 2.75) is 153 Å². The largest absolute Gasteiger partial charge is 0.383 e. The third-order valence-electron chi connectivity index (χ3n) is 15.7. The number of aromatic nitrogens is 9. The number of carbonyl (C=O) groups excluding carboxylic acids is 3. The van der Waals surface area contributed by atoms with E-state index in [2.05, 4.69) is 47.2 Å². The molecule has 0 saturated carbocycles. The van der Waals surface area contributed by atoms with E-state index in [1.807, 2.05) is 39.7 Å². The predicted octanol–water partition coefficient (Wildman–Crippen LogP) is 7.33. The second kappa shape index (κ2) is 17.9. The smallest absolute Gasteiger partial charge is 0.256 e. The number of rotatable bonds is 3. The summed E-state index contributed by atoms with van der Waals surface area (Å²) in [6.07, 6.45) is 27.6. The van der Waals surface area contributed by atoms with E-state index < -0.39 is 0 Å². The van der Waals surface area contributed by atoms with Gasteiger partial charge in [0, 0.05) is 73.5 Å². The Labute approximate surface area is 386 Å². The van der Waals surface area contributed by atoms with Gasteiger partial charge in [0.05, 0.1) is 34.8 Å². The Morgan fingerprint density at radius 1 is 0.424 bits per heavy atom. The fourth-order valence-electron chi connectivity index (χ4n) is 12.0. The topological polar surface area (TPSA) is 198 Å². The molecular formula is C51H66N12O3. The molecule has 6 N–H and O–H groups in total. The van der Waals surface area contributed by atoms with Gasteiger partial charge in [-0.1, -0.05) is 0 Å². The summed E-state index contributed by atoms with van der Waals surface area (Å²) in [6, 6.07) is 6.24. The summed E-state index contributed by atoms with van der Waals surface area (Å²) >= 11 is 0. The number of anilines is 3. The maximum absolute atomic E-state index is 13.0. The van der Waals surface area contributed by atoms with Crippen LogP contribution in [0, 0.1) is 0 Å². The molecule has 15 heteroatoms. The normalized spacial score (nSPS) is 20.5. The van der Waals surface area contributed by atoms with Crippen molar-refractivity contribution in [1.29, 1.82) is 0 Å². The third-order valence-corrected chi connectivity index (χ3v) is 15.7. The van der Waals surface area contributed by atoms with Gasteiger partial charge in [-0.05, 0) is 170 Å². The van der Waals surface area contributed by atoms with Gasteiger partial charge in [-0.15, -0.1) is 0 Å².